The molecule has 6 nitrogen and oxygen atoms in total. The molecule has 1 aliphatic carbocycles. The molecule has 2 aromatic heterocycles. The number of benzene rings is 1. The standard InChI is InChI=1S/C22H20ClFN4O2/c1-11-8-15(10-26(3)21(11)29)27-19(16-7-4-13(23)9-17(16)24)18-12(2)25-28(14-5-6-14)20(18)22(27)30/h4,7-10,14,19H,5-6H2,1-3H3. The minimum absolute atomic E-state index is 0.141. The number of amides is 1. The van der Waals surface area contributed by atoms with E-state index in [4.69, 9.17) is 11.6 Å². The van der Waals surface area contributed by atoms with Crippen molar-refractivity contribution in [2.75, 3.05) is 4.90 Å². The highest BCUT2D eigenvalue weighted by molar-refractivity contribution is 6.30. The second-order valence-electron chi connectivity index (χ2n) is 8.06. The van der Waals surface area contributed by atoms with Crippen molar-refractivity contribution in [1.29, 1.82) is 0 Å². The molecule has 1 aromatic carbocycles. The van der Waals surface area contributed by atoms with Gasteiger partial charge in [0, 0.05) is 35.0 Å². The van der Waals surface area contributed by atoms with Gasteiger partial charge in [0.2, 0.25) is 0 Å². The fourth-order valence-corrected chi connectivity index (χ4v) is 4.48. The number of hydrogen-bond donors (Lipinski definition) is 0. The third-order valence-electron chi connectivity index (χ3n) is 5.86. The monoisotopic (exact) mass is 426 g/mol. The molecule has 5 rings (SSSR count). The van der Waals surface area contributed by atoms with Crippen LogP contribution in [-0.2, 0) is 7.05 Å². The van der Waals surface area contributed by atoms with Gasteiger partial charge in [0.15, 0.2) is 0 Å². The van der Waals surface area contributed by atoms with Crippen molar-refractivity contribution < 1.29 is 9.18 Å². The summed E-state index contributed by atoms with van der Waals surface area (Å²) in [5.74, 6) is -0.729. The van der Waals surface area contributed by atoms with E-state index in [9.17, 15) is 9.59 Å². The van der Waals surface area contributed by atoms with Crippen LogP contribution in [0.1, 0.15) is 57.8 Å². The van der Waals surface area contributed by atoms with Gasteiger partial charge in [-0.15, -0.1) is 0 Å². The van der Waals surface area contributed by atoms with Gasteiger partial charge in [0.05, 0.1) is 23.5 Å². The number of hydrogen-bond acceptors (Lipinski definition) is 3. The molecule has 3 aromatic rings. The maximum absolute atomic E-state index is 15.0. The van der Waals surface area contributed by atoms with Crippen LogP contribution in [-0.4, -0.2) is 20.3 Å². The Morgan fingerprint density at radius 3 is 2.53 bits per heavy atom. The van der Waals surface area contributed by atoms with Crippen molar-refractivity contribution >= 4 is 23.2 Å². The van der Waals surface area contributed by atoms with Crippen LogP contribution in [0.4, 0.5) is 10.1 Å². The van der Waals surface area contributed by atoms with Gasteiger partial charge in [-0.05, 0) is 44.9 Å². The highest BCUT2D eigenvalue weighted by atomic mass is 35.5. The molecular formula is C22H20ClFN4O2. The normalized spacial score (nSPS) is 18.2. The van der Waals surface area contributed by atoms with E-state index in [1.165, 1.54) is 10.6 Å². The first kappa shape index (κ1) is 19.1. The molecule has 3 heterocycles. The smallest absolute Gasteiger partial charge is 0.277 e. The molecular weight excluding hydrogens is 407 g/mol. The molecule has 154 valence electrons. The average Bonchev–Trinajstić information content (AvgIpc) is 3.41. The number of carbonyl (C=O) groups is 1. The maximum atomic E-state index is 15.0. The van der Waals surface area contributed by atoms with Gasteiger partial charge < -0.3 is 4.57 Å². The van der Waals surface area contributed by atoms with E-state index in [2.05, 4.69) is 5.10 Å². The van der Waals surface area contributed by atoms with E-state index < -0.39 is 11.9 Å². The van der Waals surface area contributed by atoms with Gasteiger partial charge in [-0.25, -0.2) is 4.39 Å². The third-order valence-corrected chi connectivity index (χ3v) is 6.10. The quantitative estimate of drug-likeness (QED) is 0.634. The van der Waals surface area contributed by atoms with Crippen LogP contribution in [0.2, 0.25) is 5.02 Å². The second-order valence-corrected chi connectivity index (χ2v) is 8.50. The number of rotatable bonds is 3. The Morgan fingerprint density at radius 2 is 1.90 bits per heavy atom. The van der Waals surface area contributed by atoms with Crippen LogP contribution in [0.3, 0.4) is 0 Å². The van der Waals surface area contributed by atoms with Gasteiger partial charge in [-0.3, -0.25) is 19.2 Å². The molecule has 0 spiro atoms. The summed E-state index contributed by atoms with van der Waals surface area (Å²) in [6, 6.07) is 5.68. The molecule has 1 saturated carbocycles. The summed E-state index contributed by atoms with van der Waals surface area (Å²) in [6.45, 7) is 3.55. The Hall–Kier alpha value is -2.93. The maximum Gasteiger partial charge on any atom is 0.277 e. The number of fused-ring (bicyclic) bond motifs is 1. The van der Waals surface area contributed by atoms with Crippen LogP contribution in [0.5, 0.6) is 0 Å². The number of aryl methyl sites for hydroxylation is 3. The number of pyridine rings is 1. The molecule has 0 radical (unpaired) electrons. The van der Waals surface area contributed by atoms with Crippen molar-refractivity contribution in [3.8, 4) is 0 Å². The lowest BCUT2D eigenvalue weighted by atomic mass is 9.98. The van der Waals surface area contributed by atoms with Crippen LogP contribution >= 0.6 is 11.6 Å². The zero-order valence-corrected chi connectivity index (χ0v) is 17.6. The molecule has 8 heteroatoms. The lowest BCUT2D eigenvalue weighted by molar-refractivity contribution is 0.0983. The molecule has 0 N–H and O–H groups in total. The summed E-state index contributed by atoms with van der Waals surface area (Å²) in [5.41, 5.74) is 3.16. The van der Waals surface area contributed by atoms with Crippen molar-refractivity contribution in [2.24, 2.45) is 7.05 Å². The lowest BCUT2D eigenvalue weighted by Gasteiger charge is -2.27. The molecule has 0 bridgehead atoms. The summed E-state index contributed by atoms with van der Waals surface area (Å²) in [5, 5.41) is 4.90. The van der Waals surface area contributed by atoms with Crippen LogP contribution < -0.4 is 10.5 Å². The minimum atomic E-state index is -0.686. The first-order valence-corrected chi connectivity index (χ1v) is 10.2. The lowest BCUT2D eigenvalue weighted by Crippen LogP contribution is -2.32. The van der Waals surface area contributed by atoms with E-state index >= 15 is 4.39 Å². The Morgan fingerprint density at radius 1 is 1.17 bits per heavy atom. The number of nitrogens with zero attached hydrogens (tertiary/aromatic N) is 4. The first-order valence-electron chi connectivity index (χ1n) is 9.82. The number of halogens is 2. The summed E-state index contributed by atoms with van der Waals surface area (Å²) < 4.78 is 18.3. The first-order chi connectivity index (χ1) is 14.3. The predicted molar refractivity (Wildman–Crippen MR) is 112 cm³/mol. The van der Waals surface area contributed by atoms with E-state index in [0.29, 0.717) is 33.8 Å². The number of anilines is 1. The van der Waals surface area contributed by atoms with E-state index in [0.717, 1.165) is 12.8 Å². The minimum Gasteiger partial charge on any atom is -0.316 e. The van der Waals surface area contributed by atoms with Crippen molar-refractivity contribution in [2.45, 2.75) is 38.8 Å². The average molecular weight is 427 g/mol. The molecule has 1 atom stereocenters. The largest absolute Gasteiger partial charge is 0.316 e. The molecule has 30 heavy (non-hydrogen) atoms. The van der Waals surface area contributed by atoms with Crippen LogP contribution in [0.15, 0.2) is 35.3 Å². The second kappa shape index (κ2) is 6.54. The fourth-order valence-electron chi connectivity index (χ4n) is 4.32. The molecule has 1 fully saturated rings. The van der Waals surface area contributed by atoms with Gasteiger partial charge in [-0.1, -0.05) is 17.7 Å². The van der Waals surface area contributed by atoms with E-state index in [-0.39, 0.29) is 22.5 Å². The molecule has 1 aliphatic heterocycles. The topological polar surface area (TPSA) is 60.1 Å². The molecule has 2 aliphatic rings. The molecule has 1 amide bonds. The number of aromatic nitrogens is 3. The van der Waals surface area contributed by atoms with E-state index in [1.807, 2.05) is 6.92 Å². The van der Waals surface area contributed by atoms with Crippen LogP contribution in [0, 0.1) is 19.7 Å². The van der Waals surface area contributed by atoms with E-state index in [1.54, 1.807) is 47.9 Å². The van der Waals surface area contributed by atoms with Gasteiger partial charge in [0.25, 0.3) is 11.5 Å². The Bertz CT molecular complexity index is 1250. The van der Waals surface area contributed by atoms with Crippen LogP contribution in [0.25, 0.3) is 0 Å². The Labute approximate surface area is 177 Å². The molecule has 0 saturated heterocycles. The SMILES string of the molecule is Cc1nn(C2CC2)c2c1C(c1ccc(Cl)cc1F)N(c1cc(C)c(=O)n(C)c1)C2=O. The predicted octanol–water partition coefficient (Wildman–Crippen LogP) is 4.08. The van der Waals surface area contributed by atoms with Crippen molar-refractivity contribution in [3.63, 3.8) is 0 Å². The Kier molecular flexibility index (Phi) is 4.15. The Balaban J connectivity index is 1.77. The summed E-state index contributed by atoms with van der Waals surface area (Å²) >= 11 is 5.98. The zero-order valence-electron chi connectivity index (χ0n) is 16.8. The van der Waals surface area contributed by atoms with Crippen molar-refractivity contribution in [3.05, 3.63) is 79.7 Å². The van der Waals surface area contributed by atoms with Gasteiger partial charge in [-0.2, -0.15) is 5.10 Å². The highest BCUT2D eigenvalue weighted by Gasteiger charge is 2.46. The van der Waals surface area contributed by atoms with Crippen molar-refractivity contribution in [1.82, 2.24) is 14.3 Å². The fraction of sp³-hybridized carbons (Fsp3) is 0.318. The summed E-state index contributed by atoms with van der Waals surface area (Å²) in [4.78, 5) is 27.4. The summed E-state index contributed by atoms with van der Waals surface area (Å²) in [6.07, 6.45) is 3.56. The number of carbonyl (C=O) groups excluding carboxylic acids is 1. The molecule has 1 unspecified atom stereocenters. The van der Waals surface area contributed by atoms with Gasteiger partial charge in [0.1, 0.15) is 11.5 Å². The zero-order chi connectivity index (χ0) is 21.3. The summed E-state index contributed by atoms with van der Waals surface area (Å²) in [7, 11) is 1.64. The highest BCUT2D eigenvalue weighted by Crippen LogP contribution is 2.47. The third kappa shape index (κ3) is 2.72. The van der Waals surface area contributed by atoms with Gasteiger partial charge >= 0.3 is 0 Å².